The van der Waals surface area contributed by atoms with Crippen molar-refractivity contribution in [2.24, 2.45) is 5.92 Å². The Morgan fingerprint density at radius 1 is 1.21 bits per heavy atom. The Hall–Kier alpha value is -1.73. The molecule has 8 heteroatoms. The summed E-state index contributed by atoms with van der Waals surface area (Å²) >= 11 is 0. The third-order valence-electron chi connectivity index (χ3n) is 6.89. The lowest BCUT2D eigenvalue weighted by molar-refractivity contribution is -0.173. The number of nitrogens with one attached hydrogen (secondary N) is 1. The van der Waals surface area contributed by atoms with Crippen LogP contribution in [0.3, 0.4) is 0 Å². The molecule has 1 aromatic heterocycles. The van der Waals surface area contributed by atoms with Gasteiger partial charge >= 0.3 is 6.18 Å². The van der Waals surface area contributed by atoms with Crippen molar-refractivity contribution in [3.05, 3.63) is 11.8 Å². The van der Waals surface area contributed by atoms with Gasteiger partial charge in [0.15, 0.2) is 6.04 Å². The third kappa shape index (κ3) is 4.26. The molecule has 3 aliphatic rings. The van der Waals surface area contributed by atoms with Crippen LogP contribution in [0.15, 0.2) is 6.07 Å². The van der Waals surface area contributed by atoms with E-state index < -0.39 is 12.2 Å². The van der Waals surface area contributed by atoms with Gasteiger partial charge in [0.25, 0.3) is 0 Å². The molecule has 2 fully saturated rings. The van der Waals surface area contributed by atoms with E-state index in [1.54, 1.807) is 6.07 Å². The second-order valence-electron chi connectivity index (χ2n) is 8.90. The van der Waals surface area contributed by atoms with Gasteiger partial charge < -0.3 is 10.2 Å². The molecular formula is C21H31F3N4O. The number of hydrogen-bond donors (Lipinski definition) is 1. The Kier molecular flexibility index (Phi) is 5.80. The van der Waals surface area contributed by atoms with E-state index >= 15 is 0 Å². The van der Waals surface area contributed by atoms with E-state index in [-0.39, 0.29) is 30.2 Å². The number of amides is 1. The van der Waals surface area contributed by atoms with Crippen molar-refractivity contribution in [2.45, 2.75) is 88.9 Å². The average Bonchev–Trinajstić information content (AvgIpc) is 3.16. The van der Waals surface area contributed by atoms with Gasteiger partial charge in [0.2, 0.25) is 5.91 Å². The highest BCUT2D eigenvalue weighted by atomic mass is 19.4. The zero-order chi connectivity index (χ0) is 20.6. The van der Waals surface area contributed by atoms with Crippen LogP contribution in [-0.4, -0.2) is 45.9 Å². The first-order valence-corrected chi connectivity index (χ1v) is 11.1. The van der Waals surface area contributed by atoms with Gasteiger partial charge in [-0.3, -0.25) is 4.79 Å². The molecule has 29 heavy (non-hydrogen) atoms. The number of likely N-dealkylation sites (tertiary alicyclic amines) is 1. The molecule has 3 heterocycles. The van der Waals surface area contributed by atoms with E-state index in [9.17, 15) is 18.0 Å². The Morgan fingerprint density at radius 3 is 2.66 bits per heavy atom. The molecule has 1 N–H and O–H groups in total. The lowest BCUT2D eigenvalue weighted by atomic mass is 9.87. The molecular weight excluding hydrogens is 381 g/mol. The van der Waals surface area contributed by atoms with Crippen LogP contribution < -0.4 is 5.32 Å². The first-order chi connectivity index (χ1) is 13.9. The summed E-state index contributed by atoms with van der Waals surface area (Å²) in [6, 6.07) is -0.00442. The van der Waals surface area contributed by atoms with Crippen molar-refractivity contribution < 1.29 is 18.0 Å². The Morgan fingerprint density at radius 2 is 1.97 bits per heavy atom. The van der Waals surface area contributed by atoms with Gasteiger partial charge in [-0.15, -0.1) is 0 Å². The first kappa shape index (κ1) is 20.5. The summed E-state index contributed by atoms with van der Waals surface area (Å²) in [5, 5.41) is 7.61. The van der Waals surface area contributed by atoms with E-state index in [0.29, 0.717) is 24.5 Å². The minimum atomic E-state index is -4.32. The van der Waals surface area contributed by atoms with Crippen LogP contribution in [-0.2, 0) is 4.79 Å². The summed E-state index contributed by atoms with van der Waals surface area (Å²) < 4.78 is 42.0. The van der Waals surface area contributed by atoms with Gasteiger partial charge in [-0.1, -0.05) is 26.2 Å². The summed E-state index contributed by atoms with van der Waals surface area (Å²) in [5.74, 6) is 0.816. The SMILES string of the molecule is CC[C@@H]1C[C@H](C(F)(F)F)n2nc(C3CCCN(C(=O)C4CCCCC4)C3)cc2N1. The molecule has 0 bridgehead atoms. The molecule has 162 valence electrons. The van der Waals surface area contributed by atoms with Gasteiger partial charge in [0.1, 0.15) is 5.82 Å². The molecule has 1 amide bonds. The van der Waals surface area contributed by atoms with Gasteiger partial charge in [-0.25, -0.2) is 4.68 Å². The number of carbonyl (C=O) groups excluding carboxylic acids is 1. The number of anilines is 1. The van der Waals surface area contributed by atoms with Crippen LogP contribution in [0.5, 0.6) is 0 Å². The zero-order valence-electron chi connectivity index (χ0n) is 17.0. The lowest BCUT2D eigenvalue weighted by Gasteiger charge is -2.35. The molecule has 1 saturated carbocycles. The summed E-state index contributed by atoms with van der Waals surface area (Å²) in [7, 11) is 0. The van der Waals surface area contributed by atoms with Crippen LogP contribution >= 0.6 is 0 Å². The maximum Gasteiger partial charge on any atom is 0.410 e. The highest BCUT2D eigenvalue weighted by molar-refractivity contribution is 5.79. The summed E-state index contributed by atoms with van der Waals surface area (Å²) in [5.41, 5.74) is 0.680. The number of hydrogen-bond acceptors (Lipinski definition) is 3. The van der Waals surface area contributed by atoms with E-state index in [1.165, 1.54) is 6.42 Å². The molecule has 0 spiro atoms. The molecule has 1 aromatic rings. The number of fused-ring (bicyclic) bond motifs is 1. The van der Waals surface area contributed by atoms with Crippen molar-refractivity contribution >= 4 is 11.7 Å². The predicted octanol–water partition coefficient (Wildman–Crippen LogP) is 4.87. The molecule has 1 saturated heterocycles. The molecule has 0 aromatic carbocycles. The normalized spacial score (nSPS) is 28.7. The van der Waals surface area contributed by atoms with Crippen molar-refractivity contribution in [3.8, 4) is 0 Å². The third-order valence-corrected chi connectivity index (χ3v) is 6.89. The number of aromatic nitrogens is 2. The van der Waals surface area contributed by atoms with Crippen molar-refractivity contribution in [2.75, 3.05) is 18.4 Å². The minimum Gasteiger partial charge on any atom is -0.367 e. The highest BCUT2D eigenvalue weighted by Crippen LogP contribution is 2.41. The Labute approximate surface area is 170 Å². The molecule has 4 rings (SSSR count). The number of rotatable bonds is 3. The van der Waals surface area contributed by atoms with Crippen molar-refractivity contribution in [1.29, 1.82) is 0 Å². The first-order valence-electron chi connectivity index (χ1n) is 11.1. The van der Waals surface area contributed by atoms with Crippen molar-refractivity contribution in [1.82, 2.24) is 14.7 Å². The van der Waals surface area contributed by atoms with Gasteiger partial charge in [-0.2, -0.15) is 18.3 Å². The smallest absolute Gasteiger partial charge is 0.367 e. The quantitative estimate of drug-likeness (QED) is 0.771. The summed E-state index contributed by atoms with van der Waals surface area (Å²) in [6.45, 7) is 3.22. The van der Waals surface area contributed by atoms with Crippen LogP contribution in [0.4, 0.5) is 19.0 Å². The van der Waals surface area contributed by atoms with Gasteiger partial charge in [0.05, 0.1) is 5.69 Å². The second-order valence-corrected chi connectivity index (χ2v) is 8.90. The van der Waals surface area contributed by atoms with E-state index in [2.05, 4.69) is 10.4 Å². The zero-order valence-corrected chi connectivity index (χ0v) is 17.0. The standard InChI is InChI=1S/C21H31F3N4O/c1-2-16-11-18(21(22,23)24)28-19(25-16)12-17(26-28)15-9-6-10-27(13-15)20(29)14-7-4-3-5-8-14/h12,14-16,18,25H,2-11,13H2,1H3/t15?,16-,18-/m1/s1. The fourth-order valence-electron chi connectivity index (χ4n) is 5.16. The number of piperidine rings is 1. The maximum absolute atomic E-state index is 13.6. The van der Waals surface area contributed by atoms with Crippen LogP contribution in [0.1, 0.15) is 82.4 Å². The molecule has 1 unspecified atom stereocenters. The van der Waals surface area contributed by atoms with E-state index in [0.717, 1.165) is 49.8 Å². The number of alkyl halides is 3. The summed E-state index contributed by atoms with van der Waals surface area (Å²) in [4.78, 5) is 14.9. The predicted molar refractivity (Wildman–Crippen MR) is 105 cm³/mol. The fraction of sp³-hybridized carbons (Fsp3) is 0.810. The molecule has 1 aliphatic carbocycles. The average molecular weight is 413 g/mol. The van der Waals surface area contributed by atoms with Crippen LogP contribution in [0.2, 0.25) is 0 Å². The fourth-order valence-corrected chi connectivity index (χ4v) is 5.16. The lowest BCUT2D eigenvalue weighted by Crippen LogP contribution is -2.43. The Bertz CT molecular complexity index is 726. The minimum absolute atomic E-state index is 0.00477. The van der Waals surface area contributed by atoms with Crippen LogP contribution in [0.25, 0.3) is 0 Å². The van der Waals surface area contributed by atoms with Gasteiger partial charge in [-0.05, 0) is 38.5 Å². The van der Waals surface area contributed by atoms with E-state index in [4.69, 9.17) is 0 Å². The van der Waals surface area contributed by atoms with E-state index in [1.807, 2.05) is 11.8 Å². The molecule has 0 radical (unpaired) electrons. The topological polar surface area (TPSA) is 50.2 Å². The number of carbonyl (C=O) groups is 1. The summed E-state index contributed by atoms with van der Waals surface area (Å²) in [6.07, 6.45) is 3.43. The number of nitrogens with zero attached hydrogens (tertiary/aromatic N) is 3. The number of halogens is 3. The van der Waals surface area contributed by atoms with Crippen LogP contribution in [0, 0.1) is 5.92 Å². The monoisotopic (exact) mass is 412 g/mol. The van der Waals surface area contributed by atoms with Crippen molar-refractivity contribution in [3.63, 3.8) is 0 Å². The molecule has 5 nitrogen and oxygen atoms in total. The highest BCUT2D eigenvalue weighted by Gasteiger charge is 2.46. The second kappa shape index (κ2) is 8.19. The van der Waals surface area contributed by atoms with Gasteiger partial charge in [0, 0.05) is 37.0 Å². The maximum atomic E-state index is 13.6. The largest absolute Gasteiger partial charge is 0.410 e. The Balaban J connectivity index is 1.51. The molecule has 2 aliphatic heterocycles. The molecule has 3 atom stereocenters.